The highest BCUT2D eigenvalue weighted by Gasteiger charge is 2.61. The van der Waals surface area contributed by atoms with E-state index in [2.05, 4.69) is 10.4 Å². The first-order valence-corrected chi connectivity index (χ1v) is 10.7. The van der Waals surface area contributed by atoms with E-state index in [4.69, 9.17) is 4.74 Å². The quantitative estimate of drug-likeness (QED) is 0.793. The second-order valence-corrected chi connectivity index (χ2v) is 8.33. The van der Waals surface area contributed by atoms with Crippen molar-refractivity contribution in [3.05, 3.63) is 59.7 Å². The maximum atomic E-state index is 13.8. The van der Waals surface area contributed by atoms with E-state index in [1.165, 1.54) is 18.9 Å². The second kappa shape index (κ2) is 8.07. The molecule has 1 N–H and O–H groups in total. The van der Waals surface area contributed by atoms with E-state index in [1.54, 1.807) is 4.90 Å². The van der Waals surface area contributed by atoms with Crippen LogP contribution in [0.4, 0.5) is 5.69 Å². The lowest BCUT2D eigenvalue weighted by molar-refractivity contribution is -0.139. The number of amides is 3. The van der Waals surface area contributed by atoms with Crippen LogP contribution >= 0.6 is 11.8 Å². The van der Waals surface area contributed by atoms with E-state index in [0.29, 0.717) is 24.4 Å². The first-order chi connectivity index (χ1) is 14.9. The molecule has 3 amide bonds. The number of amidine groups is 1. The molecule has 31 heavy (non-hydrogen) atoms. The predicted octanol–water partition coefficient (Wildman–Crippen LogP) is 2.79. The summed E-state index contributed by atoms with van der Waals surface area (Å²) in [6.45, 7) is 5.53. The Labute approximate surface area is 184 Å². The van der Waals surface area contributed by atoms with Crippen LogP contribution in [0.1, 0.15) is 31.9 Å². The van der Waals surface area contributed by atoms with Gasteiger partial charge in [0.25, 0.3) is 5.91 Å². The molecule has 0 unspecified atom stereocenters. The largest absolute Gasteiger partial charge is 0.494 e. The Hall–Kier alpha value is -3.33. The lowest BCUT2D eigenvalue weighted by Gasteiger charge is -2.29. The lowest BCUT2D eigenvalue weighted by Crippen LogP contribution is -2.48. The molecule has 2 heterocycles. The van der Waals surface area contributed by atoms with Gasteiger partial charge in [-0.25, -0.2) is 0 Å². The highest BCUT2D eigenvalue weighted by atomic mass is 32.2. The molecule has 2 aliphatic heterocycles. The zero-order valence-corrected chi connectivity index (χ0v) is 18.2. The lowest BCUT2D eigenvalue weighted by atomic mass is 10.1. The molecular formula is C22H22N4O4S. The van der Waals surface area contributed by atoms with Crippen LogP contribution < -0.4 is 15.0 Å². The Balaban J connectivity index is 1.72. The van der Waals surface area contributed by atoms with Gasteiger partial charge in [0.2, 0.25) is 16.7 Å². The van der Waals surface area contributed by atoms with Gasteiger partial charge in [-0.2, -0.15) is 5.01 Å². The number of rotatable bonds is 4. The molecule has 4 rings (SSSR count). The molecule has 9 heteroatoms. The van der Waals surface area contributed by atoms with Crippen molar-refractivity contribution in [1.82, 2.24) is 10.3 Å². The number of hydrazone groups is 1. The van der Waals surface area contributed by atoms with Gasteiger partial charge in [0, 0.05) is 19.4 Å². The Morgan fingerprint density at radius 2 is 1.84 bits per heavy atom. The first kappa shape index (κ1) is 20.9. The number of nitrogens with zero attached hydrogens (tertiary/aromatic N) is 3. The Kier molecular flexibility index (Phi) is 5.45. The molecule has 8 nitrogen and oxygen atoms in total. The number of thioether (sulfide) groups is 1. The van der Waals surface area contributed by atoms with E-state index < -0.39 is 4.87 Å². The van der Waals surface area contributed by atoms with Crippen LogP contribution in [0, 0.1) is 0 Å². The van der Waals surface area contributed by atoms with E-state index in [-0.39, 0.29) is 22.9 Å². The fourth-order valence-electron chi connectivity index (χ4n) is 3.76. The van der Waals surface area contributed by atoms with Crippen molar-refractivity contribution in [1.29, 1.82) is 0 Å². The van der Waals surface area contributed by atoms with Crippen LogP contribution in [0.15, 0.2) is 53.6 Å². The van der Waals surface area contributed by atoms with Gasteiger partial charge < -0.3 is 15.0 Å². The summed E-state index contributed by atoms with van der Waals surface area (Å²) in [6.07, 6.45) is 0. The molecule has 0 radical (unpaired) electrons. The van der Waals surface area contributed by atoms with E-state index in [1.807, 2.05) is 55.5 Å². The van der Waals surface area contributed by atoms with Crippen LogP contribution in [0.25, 0.3) is 0 Å². The molecule has 0 saturated carbocycles. The average molecular weight is 439 g/mol. The minimum Gasteiger partial charge on any atom is -0.494 e. The van der Waals surface area contributed by atoms with Gasteiger partial charge >= 0.3 is 0 Å². The number of anilines is 1. The fourth-order valence-corrected chi connectivity index (χ4v) is 5.09. The summed E-state index contributed by atoms with van der Waals surface area (Å²) in [6, 6.07) is 14.9. The summed E-state index contributed by atoms with van der Waals surface area (Å²) in [5, 5.41) is 8.25. The highest BCUT2D eigenvalue weighted by Crippen LogP contribution is 2.54. The van der Waals surface area contributed by atoms with Crippen molar-refractivity contribution in [3.63, 3.8) is 0 Å². The maximum Gasteiger partial charge on any atom is 0.271 e. The third-order valence-corrected chi connectivity index (χ3v) is 6.22. The van der Waals surface area contributed by atoms with Gasteiger partial charge in [-0.05, 0) is 42.4 Å². The number of carbonyl (C=O) groups is 3. The number of hydrogen-bond donors (Lipinski definition) is 1. The van der Waals surface area contributed by atoms with Crippen molar-refractivity contribution in [2.24, 2.45) is 5.10 Å². The first-order valence-electron chi connectivity index (χ1n) is 9.86. The van der Waals surface area contributed by atoms with Crippen molar-refractivity contribution in [2.45, 2.75) is 32.2 Å². The maximum absolute atomic E-state index is 13.8. The molecule has 160 valence electrons. The smallest absolute Gasteiger partial charge is 0.271 e. The Morgan fingerprint density at radius 1 is 1.13 bits per heavy atom. The summed E-state index contributed by atoms with van der Waals surface area (Å²) in [7, 11) is 0. The normalized spacial score (nSPS) is 19.5. The van der Waals surface area contributed by atoms with Crippen molar-refractivity contribution >= 4 is 40.3 Å². The molecule has 0 bridgehead atoms. The van der Waals surface area contributed by atoms with Crippen LogP contribution in [0.3, 0.4) is 0 Å². The third kappa shape index (κ3) is 3.54. The molecule has 0 fully saturated rings. The zero-order valence-electron chi connectivity index (χ0n) is 17.4. The molecule has 1 atom stereocenters. The third-order valence-electron chi connectivity index (χ3n) is 4.98. The summed E-state index contributed by atoms with van der Waals surface area (Å²) in [4.78, 5) is 38.1. The molecule has 2 aromatic rings. The van der Waals surface area contributed by atoms with Crippen molar-refractivity contribution < 1.29 is 19.1 Å². The SMILES string of the molecule is CCOc1ccc(CN2C(=O)[C@@]3(SC(NC(C)=O)=NN3C(C)=O)c3ccccc32)cc1. The molecule has 0 aliphatic carbocycles. The second-order valence-electron chi connectivity index (χ2n) is 7.15. The van der Waals surface area contributed by atoms with E-state index in [0.717, 1.165) is 23.1 Å². The van der Waals surface area contributed by atoms with Crippen molar-refractivity contribution in [3.8, 4) is 5.75 Å². The number of carbonyl (C=O) groups excluding carboxylic acids is 3. The standard InChI is InChI=1S/C22H22N4O4S/c1-4-30-17-11-9-16(10-12-17)13-25-19-8-6-5-7-18(19)22(20(25)29)26(15(3)28)24-21(31-22)23-14(2)27/h5-12H,4,13H2,1-3H3,(H,23,24,27)/t22-/m0/s1. The van der Waals surface area contributed by atoms with E-state index in [9.17, 15) is 14.4 Å². The highest BCUT2D eigenvalue weighted by molar-refractivity contribution is 8.15. The van der Waals surface area contributed by atoms with Gasteiger partial charge in [-0.3, -0.25) is 14.4 Å². The predicted molar refractivity (Wildman–Crippen MR) is 118 cm³/mol. The molecule has 0 saturated heterocycles. The molecule has 1 spiro atoms. The number of hydrogen-bond acceptors (Lipinski definition) is 6. The summed E-state index contributed by atoms with van der Waals surface area (Å²) in [5.41, 5.74) is 2.29. The molecular weight excluding hydrogens is 416 g/mol. The van der Waals surface area contributed by atoms with Crippen LogP contribution in [-0.4, -0.2) is 34.5 Å². The summed E-state index contributed by atoms with van der Waals surface area (Å²) < 4.78 is 5.49. The minimum atomic E-state index is -1.38. The van der Waals surface area contributed by atoms with Gasteiger partial charge in [-0.15, -0.1) is 5.10 Å². The Bertz CT molecular complexity index is 1090. The number of fused-ring (bicyclic) bond motifs is 2. The van der Waals surface area contributed by atoms with Gasteiger partial charge in [0.15, 0.2) is 5.17 Å². The number of para-hydroxylation sites is 1. The fraction of sp³-hybridized carbons (Fsp3) is 0.273. The van der Waals surface area contributed by atoms with Crippen LogP contribution in [-0.2, 0) is 25.8 Å². The topological polar surface area (TPSA) is 91.3 Å². The number of ether oxygens (including phenoxy) is 1. The minimum absolute atomic E-state index is 0.216. The molecule has 2 aliphatic rings. The monoisotopic (exact) mass is 438 g/mol. The molecule has 2 aromatic carbocycles. The summed E-state index contributed by atoms with van der Waals surface area (Å²) >= 11 is 1.07. The average Bonchev–Trinajstić information content (AvgIpc) is 3.22. The van der Waals surface area contributed by atoms with Gasteiger partial charge in [0.1, 0.15) is 5.75 Å². The van der Waals surface area contributed by atoms with Crippen LogP contribution in [0.5, 0.6) is 5.75 Å². The molecule has 0 aromatic heterocycles. The van der Waals surface area contributed by atoms with Gasteiger partial charge in [-0.1, -0.05) is 30.3 Å². The van der Waals surface area contributed by atoms with Crippen LogP contribution in [0.2, 0.25) is 0 Å². The van der Waals surface area contributed by atoms with E-state index >= 15 is 0 Å². The Morgan fingerprint density at radius 3 is 2.48 bits per heavy atom. The number of benzene rings is 2. The van der Waals surface area contributed by atoms with Gasteiger partial charge in [0.05, 0.1) is 18.8 Å². The van der Waals surface area contributed by atoms with Crippen molar-refractivity contribution in [2.75, 3.05) is 11.5 Å². The summed E-state index contributed by atoms with van der Waals surface area (Å²) in [5.74, 6) is -0.235. The zero-order chi connectivity index (χ0) is 22.2. The number of nitrogens with one attached hydrogen (secondary N) is 1.